The van der Waals surface area contributed by atoms with E-state index in [1.54, 1.807) is 6.08 Å². The molecule has 1 aliphatic carbocycles. The monoisotopic (exact) mass is 380 g/mol. The normalized spacial score (nSPS) is 21.9. The maximum absolute atomic E-state index is 13.3. The Morgan fingerprint density at radius 1 is 1.18 bits per heavy atom. The van der Waals surface area contributed by atoms with Crippen molar-refractivity contribution in [2.75, 3.05) is 0 Å². The molecule has 0 heterocycles. The summed E-state index contributed by atoms with van der Waals surface area (Å²) >= 11 is 0. The second-order valence-corrected chi connectivity index (χ2v) is 6.95. The quantitative estimate of drug-likeness (QED) is 0.358. The highest BCUT2D eigenvalue weighted by Crippen LogP contribution is 2.47. The van der Waals surface area contributed by atoms with Gasteiger partial charge in [-0.25, -0.2) is 9.82 Å². The number of nitrogens with one attached hydrogen (secondary N) is 1. The van der Waals surface area contributed by atoms with Crippen LogP contribution in [0.25, 0.3) is 0 Å². The van der Waals surface area contributed by atoms with Gasteiger partial charge in [-0.15, -0.1) is 0 Å². The number of amides is 1. The first kappa shape index (κ1) is 19.5. The summed E-state index contributed by atoms with van der Waals surface area (Å²) in [6.45, 7) is 1.90. The molecule has 2 aromatic carbocycles. The molecule has 5 nitrogen and oxygen atoms in total. The SMILES string of the molecule is CC1=CCC(C(=O)O)(C(=O)N/N=C/c2ccccc2)C(c2ccc(F)cc2)C1. The average molecular weight is 380 g/mol. The number of carbonyl (C=O) groups excluding carboxylic acids is 1. The number of nitrogens with zero attached hydrogens (tertiary/aromatic N) is 1. The highest BCUT2D eigenvalue weighted by Gasteiger charge is 2.53. The van der Waals surface area contributed by atoms with E-state index in [1.807, 2.05) is 37.3 Å². The third-order valence-electron chi connectivity index (χ3n) is 5.13. The van der Waals surface area contributed by atoms with Crippen LogP contribution in [0.15, 0.2) is 71.3 Å². The van der Waals surface area contributed by atoms with Crippen LogP contribution in [-0.4, -0.2) is 23.2 Å². The summed E-state index contributed by atoms with van der Waals surface area (Å²) in [6, 6.07) is 14.8. The molecule has 28 heavy (non-hydrogen) atoms. The van der Waals surface area contributed by atoms with Crippen molar-refractivity contribution in [2.24, 2.45) is 10.5 Å². The first-order chi connectivity index (χ1) is 13.4. The van der Waals surface area contributed by atoms with Crippen LogP contribution in [0.3, 0.4) is 0 Å². The Hall–Kier alpha value is -3.28. The van der Waals surface area contributed by atoms with Gasteiger partial charge in [0.05, 0.1) is 6.21 Å². The molecule has 3 rings (SSSR count). The van der Waals surface area contributed by atoms with E-state index in [9.17, 15) is 19.1 Å². The number of carboxylic acids is 1. The summed E-state index contributed by atoms with van der Waals surface area (Å²) in [7, 11) is 0. The molecule has 1 amide bonds. The van der Waals surface area contributed by atoms with Gasteiger partial charge in [-0.3, -0.25) is 9.59 Å². The van der Waals surface area contributed by atoms with Gasteiger partial charge in [0.2, 0.25) is 0 Å². The molecule has 2 atom stereocenters. The zero-order valence-corrected chi connectivity index (χ0v) is 15.4. The number of rotatable bonds is 5. The number of hydrazone groups is 1. The lowest BCUT2D eigenvalue weighted by molar-refractivity contribution is -0.158. The molecule has 0 bridgehead atoms. The van der Waals surface area contributed by atoms with Gasteiger partial charge in [0.1, 0.15) is 5.82 Å². The molecular formula is C22H21FN2O3. The van der Waals surface area contributed by atoms with Gasteiger partial charge in [-0.2, -0.15) is 5.10 Å². The summed E-state index contributed by atoms with van der Waals surface area (Å²) in [4.78, 5) is 25.3. The molecule has 0 aromatic heterocycles. The molecule has 2 unspecified atom stereocenters. The van der Waals surface area contributed by atoms with Crippen molar-refractivity contribution in [3.63, 3.8) is 0 Å². The van der Waals surface area contributed by atoms with Crippen LogP contribution in [0.2, 0.25) is 0 Å². The number of halogens is 1. The van der Waals surface area contributed by atoms with Crippen molar-refractivity contribution in [1.82, 2.24) is 5.43 Å². The smallest absolute Gasteiger partial charge is 0.320 e. The predicted octanol–water partition coefficient (Wildman–Crippen LogP) is 3.87. The Kier molecular flexibility index (Phi) is 5.68. The lowest BCUT2D eigenvalue weighted by Gasteiger charge is -2.38. The maximum atomic E-state index is 13.3. The second-order valence-electron chi connectivity index (χ2n) is 6.95. The minimum Gasteiger partial charge on any atom is -0.480 e. The van der Waals surface area contributed by atoms with Gasteiger partial charge in [0.15, 0.2) is 5.41 Å². The van der Waals surface area contributed by atoms with Gasteiger partial charge >= 0.3 is 5.97 Å². The number of hydrogen-bond donors (Lipinski definition) is 2. The first-order valence-corrected chi connectivity index (χ1v) is 8.96. The van der Waals surface area contributed by atoms with Crippen LogP contribution >= 0.6 is 0 Å². The Morgan fingerprint density at radius 2 is 1.86 bits per heavy atom. The van der Waals surface area contributed by atoms with E-state index in [0.29, 0.717) is 12.0 Å². The van der Waals surface area contributed by atoms with Crippen LogP contribution in [0.4, 0.5) is 4.39 Å². The zero-order chi connectivity index (χ0) is 20.1. The lowest BCUT2D eigenvalue weighted by atomic mass is 9.64. The van der Waals surface area contributed by atoms with E-state index in [2.05, 4.69) is 10.5 Å². The van der Waals surface area contributed by atoms with E-state index in [1.165, 1.54) is 30.5 Å². The molecule has 144 valence electrons. The minimum absolute atomic E-state index is 0.0445. The molecule has 6 heteroatoms. The summed E-state index contributed by atoms with van der Waals surface area (Å²) < 4.78 is 13.3. The third-order valence-corrected chi connectivity index (χ3v) is 5.13. The molecular weight excluding hydrogens is 359 g/mol. The van der Waals surface area contributed by atoms with E-state index in [-0.39, 0.29) is 6.42 Å². The lowest BCUT2D eigenvalue weighted by Crippen LogP contribution is -2.50. The Balaban J connectivity index is 1.93. The number of carboxylic acid groups (broad SMARTS) is 1. The summed E-state index contributed by atoms with van der Waals surface area (Å²) in [5, 5.41) is 14.0. The predicted molar refractivity (Wildman–Crippen MR) is 104 cm³/mol. The Bertz CT molecular complexity index is 923. The highest BCUT2D eigenvalue weighted by atomic mass is 19.1. The third kappa shape index (κ3) is 3.86. The van der Waals surface area contributed by atoms with Crippen LogP contribution in [0.5, 0.6) is 0 Å². The van der Waals surface area contributed by atoms with Gasteiger partial charge < -0.3 is 5.11 Å². The number of benzene rings is 2. The highest BCUT2D eigenvalue weighted by molar-refractivity contribution is 6.03. The summed E-state index contributed by atoms with van der Waals surface area (Å²) in [6.07, 6.45) is 3.68. The van der Waals surface area contributed by atoms with Gasteiger partial charge in [0, 0.05) is 5.92 Å². The van der Waals surface area contributed by atoms with Crippen LogP contribution in [-0.2, 0) is 9.59 Å². The fourth-order valence-corrected chi connectivity index (χ4v) is 3.54. The van der Waals surface area contributed by atoms with Crippen molar-refractivity contribution in [3.05, 3.63) is 83.2 Å². The maximum Gasteiger partial charge on any atom is 0.320 e. The van der Waals surface area contributed by atoms with E-state index < -0.39 is 29.0 Å². The van der Waals surface area contributed by atoms with Crippen LogP contribution < -0.4 is 5.43 Å². The van der Waals surface area contributed by atoms with Crippen LogP contribution in [0, 0.1) is 11.2 Å². The van der Waals surface area contributed by atoms with E-state index in [4.69, 9.17) is 0 Å². The molecule has 2 aromatic rings. The molecule has 1 aliphatic rings. The average Bonchev–Trinajstić information content (AvgIpc) is 2.69. The molecule has 0 aliphatic heterocycles. The number of carbonyl (C=O) groups is 2. The topological polar surface area (TPSA) is 78.8 Å². The first-order valence-electron chi connectivity index (χ1n) is 8.96. The van der Waals surface area contributed by atoms with Crippen molar-refractivity contribution in [2.45, 2.75) is 25.7 Å². The Morgan fingerprint density at radius 3 is 2.50 bits per heavy atom. The van der Waals surface area contributed by atoms with Crippen LogP contribution in [0.1, 0.15) is 36.8 Å². The number of hydrogen-bond acceptors (Lipinski definition) is 3. The molecule has 0 radical (unpaired) electrons. The summed E-state index contributed by atoms with van der Waals surface area (Å²) in [5.41, 5.74) is 3.06. The van der Waals surface area contributed by atoms with Crippen molar-refractivity contribution in [1.29, 1.82) is 0 Å². The van der Waals surface area contributed by atoms with Crippen molar-refractivity contribution in [3.8, 4) is 0 Å². The van der Waals surface area contributed by atoms with Crippen molar-refractivity contribution >= 4 is 18.1 Å². The van der Waals surface area contributed by atoms with Gasteiger partial charge in [-0.05, 0) is 43.0 Å². The molecule has 0 spiro atoms. The van der Waals surface area contributed by atoms with E-state index >= 15 is 0 Å². The minimum atomic E-state index is -1.72. The second kappa shape index (κ2) is 8.17. The molecule has 0 saturated heterocycles. The number of allylic oxidation sites excluding steroid dienone is 2. The Labute approximate surface area is 162 Å². The van der Waals surface area contributed by atoms with Gasteiger partial charge in [-0.1, -0.05) is 54.1 Å². The fraction of sp³-hybridized carbons (Fsp3) is 0.227. The molecule has 0 fully saturated rings. The van der Waals surface area contributed by atoms with Crippen molar-refractivity contribution < 1.29 is 19.1 Å². The summed E-state index contributed by atoms with van der Waals surface area (Å²) in [5.74, 6) is -2.95. The zero-order valence-electron chi connectivity index (χ0n) is 15.4. The fourth-order valence-electron chi connectivity index (χ4n) is 3.54. The largest absolute Gasteiger partial charge is 0.480 e. The molecule has 2 N–H and O–H groups in total. The van der Waals surface area contributed by atoms with E-state index in [0.717, 1.165) is 11.1 Å². The standard InChI is InChI=1S/C22H21FN2O3/c1-15-11-12-22(21(27)28,19(13-15)17-7-9-18(23)10-8-17)20(26)25-24-14-16-5-3-2-4-6-16/h2-11,14,19H,12-13H2,1H3,(H,25,26)(H,27,28)/b24-14+. The number of aliphatic carboxylic acids is 1. The van der Waals surface area contributed by atoms with Gasteiger partial charge in [0.25, 0.3) is 5.91 Å². The molecule has 0 saturated carbocycles.